The molecule has 1 aliphatic carbocycles. The third-order valence-electron chi connectivity index (χ3n) is 3.78. The predicted molar refractivity (Wildman–Crippen MR) is 67.3 cm³/mol. The first-order chi connectivity index (χ1) is 9.79. The second-order valence-electron chi connectivity index (χ2n) is 4.94. The van der Waals surface area contributed by atoms with E-state index >= 15 is 0 Å². The fraction of sp³-hybridized carbons (Fsp3) is 0.417. The Balaban J connectivity index is 2.09. The van der Waals surface area contributed by atoms with Crippen LogP contribution in [0.15, 0.2) is 22.0 Å². The van der Waals surface area contributed by atoms with E-state index in [-0.39, 0.29) is 22.8 Å². The molecule has 1 fully saturated rings. The molecule has 0 aliphatic heterocycles. The van der Waals surface area contributed by atoms with Crippen molar-refractivity contribution in [3.8, 4) is 0 Å². The number of hydrogen-bond donors (Lipinski definition) is 0. The zero-order valence-electron chi connectivity index (χ0n) is 10.7. The fourth-order valence-electron chi connectivity index (χ4n) is 2.67. The molecular formula is C12H9F3N2O3S. The Labute approximate surface area is 120 Å². The van der Waals surface area contributed by atoms with Crippen molar-refractivity contribution >= 4 is 17.0 Å². The van der Waals surface area contributed by atoms with E-state index in [0.29, 0.717) is 0 Å². The van der Waals surface area contributed by atoms with Gasteiger partial charge < -0.3 is 4.52 Å². The van der Waals surface area contributed by atoms with Gasteiger partial charge in [0.25, 0.3) is 0 Å². The molecule has 0 radical (unpaired) electrons. The number of hydrogen-bond acceptors (Lipinski definition) is 5. The Morgan fingerprint density at radius 2 is 2.29 bits per heavy atom. The van der Waals surface area contributed by atoms with Crippen molar-refractivity contribution in [1.29, 1.82) is 0 Å². The molecule has 0 N–H and O–H groups in total. The van der Waals surface area contributed by atoms with Crippen LogP contribution >= 0.6 is 11.3 Å². The lowest BCUT2D eigenvalue weighted by molar-refractivity contribution is -0.386. The maximum Gasteiger partial charge on any atom is 0.399 e. The third-order valence-corrected chi connectivity index (χ3v) is 4.83. The molecule has 0 amide bonds. The minimum absolute atomic E-state index is 0.0100. The topological polar surface area (TPSA) is 69.2 Å². The Kier molecular flexibility index (Phi) is 2.88. The van der Waals surface area contributed by atoms with Gasteiger partial charge in [0.1, 0.15) is 5.41 Å². The maximum atomic E-state index is 13.5. The van der Waals surface area contributed by atoms with E-state index in [2.05, 4.69) is 5.16 Å². The number of thiophene rings is 1. The maximum absolute atomic E-state index is 13.5. The van der Waals surface area contributed by atoms with Crippen LogP contribution in [0.25, 0.3) is 0 Å². The van der Waals surface area contributed by atoms with E-state index in [9.17, 15) is 23.3 Å². The van der Waals surface area contributed by atoms with E-state index < -0.39 is 28.1 Å². The Hall–Kier alpha value is -1.90. The Morgan fingerprint density at radius 1 is 1.57 bits per heavy atom. The van der Waals surface area contributed by atoms with Gasteiger partial charge in [-0.15, -0.1) is 11.3 Å². The summed E-state index contributed by atoms with van der Waals surface area (Å²) in [6, 6.07) is 2.93. The highest BCUT2D eigenvalue weighted by molar-refractivity contribution is 7.10. The van der Waals surface area contributed by atoms with Crippen molar-refractivity contribution in [3.05, 3.63) is 44.0 Å². The average molecular weight is 318 g/mol. The third kappa shape index (κ3) is 1.87. The summed E-state index contributed by atoms with van der Waals surface area (Å²) >= 11 is 0.987. The highest BCUT2D eigenvalue weighted by Gasteiger charge is 2.74. The minimum atomic E-state index is -4.50. The summed E-state index contributed by atoms with van der Waals surface area (Å²) in [5, 5.41) is 16.0. The molecule has 21 heavy (non-hydrogen) atoms. The molecule has 3 rings (SSSR count). The van der Waals surface area contributed by atoms with Crippen molar-refractivity contribution in [3.63, 3.8) is 0 Å². The van der Waals surface area contributed by atoms with Gasteiger partial charge in [0.05, 0.1) is 4.92 Å². The number of aromatic nitrogens is 1. The van der Waals surface area contributed by atoms with Gasteiger partial charge in [0.15, 0.2) is 5.69 Å². The van der Waals surface area contributed by atoms with Gasteiger partial charge in [-0.1, -0.05) is 11.2 Å². The molecule has 0 spiro atoms. The number of nitro groups is 1. The van der Waals surface area contributed by atoms with Crippen LogP contribution in [0, 0.1) is 17.0 Å². The van der Waals surface area contributed by atoms with Gasteiger partial charge in [-0.3, -0.25) is 10.1 Å². The molecule has 0 aromatic carbocycles. The summed E-state index contributed by atoms with van der Waals surface area (Å²) < 4.78 is 45.4. The normalized spacial score (nSPS) is 25.0. The fourth-order valence-corrected chi connectivity index (χ4v) is 3.68. The zero-order chi connectivity index (χ0) is 15.4. The lowest BCUT2D eigenvalue weighted by Gasteiger charge is -2.19. The summed E-state index contributed by atoms with van der Waals surface area (Å²) in [4.78, 5) is 10.4. The molecule has 9 heteroatoms. The molecule has 2 heterocycles. The van der Waals surface area contributed by atoms with Crippen LogP contribution < -0.4 is 0 Å². The lowest BCUT2D eigenvalue weighted by atomic mass is 9.99. The van der Waals surface area contributed by atoms with Gasteiger partial charge >= 0.3 is 11.9 Å². The SMILES string of the molecule is Cc1noc([C@H]2C[C@]2(c2cccs2)C(F)(F)F)c1[N+](=O)[O-]. The summed E-state index contributed by atoms with van der Waals surface area (Å²) in [5.74, 6) is -1.39. The van der Waals surface area contributed by atoms with E-state index in [1.807, 2.05) is 0 Å². The first-order valence-corrected chi connectivity index (χ1v) is 6.88. The largest absolute Gasteiger partial charge is 0.399 e. The van der Waals surface area contributed by atoms with Gasteiger partial charge in [0, 0.05) is 10.8 Å². The summed E-state index contributed by atoms with van der Waals surface area (Å²) in [5.41, 5.74) is -2.57. The van der Waals surface area contributed by atoms with Crippen LogP contribution in [-0.4, -0.2) is 16.3 Å². The average Bonchev–Trinajstić information content (AvgIpc) is 2.76. The smallest absolute Gasteiger partial charge is 0.353 e. The summed E-state index contributed by atoms with van der Waals surface area (Å²) in [6.45, 7) is 1.34. The molecule has 2 atom stereocenters. The molecule has 1 saturated carbocycles. The van der Waals surface area contributed by atoms with Crippen molar-refractivity contribution < 1.29 is 22.6 Å². The molecular weight excluding hydrogens is 309 g/mol. The van der Waals surface area contributed by atoms with Crippen LogP contribution in [0.1, 0.15) is 28.7 Å². The Bertz CT molecular complexity index is 695. The number of rotatable bonds is 3. The highest BCUT2D eigenvalue weighted by atomic mass is 32.1. The quantitative estimate of drug-likeness (QED) is 0.635. The number of aryl methyl sites for hydroxylation is 1. The first kappa shape index (κ1) is 14.1. The van der Waals surface area contributed by atoms with Crippen LogP contribution in [0.4, 0.5) is 18.9 Å². The van der Waals surface area contributed by atoms with Crippen molar-refractivity contribution in [2.24, 2.45) is 0 Å². The standard InChI is InChI=1S/C12H9F3N2O3S/c1-6-9(17(18)19)10(20-16-6)7-5-11(7,12(13,14)15)8-3-2-4-21-8/h2-4,7H,5H2,1H3/t7-,11+/m1/s1. The predicted octanol–water partition coefficient (Wildman–Crippen LogP) is 3.94. The van der Waals surface area contributed by atoms with Crippen LogP contribution in [0.5, 0.6) is 0 Å². The second-order valence-corrected chi connectivity index (χ2v) is 5.89. The molecule has 2 aromatic rings. The monoisotopic (exact) mass is 318 g/mol. The van der Waals surface area contributed by atoms with Crippen molar-refractivity contribution in [2.75, 3.05) is 0 Å². The van der Waals surface area contributed by atoms with Gasteiger partial charge in [-0.2, -0.15) is 13.2 Å². The number of nitrogens with zero attached hydrogens (tertiary/aromatic N) is 2. The molecule has 0 unspecified atom stereocenters. The van der Waals surface area contributed by atoms with E-state index in [1.165, 1.54) is 19.1 Å². The lowest BCUT2D eigenvalue weighted by Crippen LogP contribution is -2.29. The second kappa shape index (κ2) is 4.30. The van der Waals surface area contributed by atoms with Crippen molar-refractivity contribution in [1.82, 2.24) is 5.16 Å². The van der Waals surface area contributed by atoms with Gasteiger partial charge in [-0.05, 0) is 24.8 Å². The van der Waals surface area contributed by atoms with Crippen LogP contribution in [0.2, 0.25) is 0 Å². The number of alkyl halides is 3. The molecule has 0 saturated heterocycles. The first-order valence-electron chi connectivity index (χ1n) is 6.00. The van der Waals surface area contributed by atoms with Crippen molar-refractivity contribution in [2.45, 2.75) is 30.9 Å². The Morgan fingerprint density at radius 3 is 2.81 bits per heavy atom. The van der Waals surface area contributed by atoms with Gasteiger partial charge in [-0.25, -0.2) is 0 Å². The molecule has 1 aliphatic rings. The van der Waals surface area contributed by atoms with E-state index in [4.69, 9.17) is 4.52 Å². The zero-order valence-corrected chi connectivity index (χ0v) is 11.5. The van der Waals surface area contributed by atoms with E-state index in [0.717, 1.165) is 11.3 Å². The van der Waals surface area contributed by atoms with E-state index in [1.54, 1.807) is 5.38 Å². The molecule has 112 valence electrons. The molecule has 2 aromatic heterocycles. The summed E-state index contributed by atoms with van der Waals surface area (Å²) in [7, 11) is 0. The minimum Gasteiger partial charge on any atom is -0.353 e. The van der Waals surface area contributed by atoms with Crippen LogP contribution in [0.3, 0.4) is 0 Å². The number of halogens is 3. The molecule has 0 bridgehead atoms. The highest BCUT2D eigenvalue weighted by Crippen LogP contribution is 2.69. The van der Waals surface area contributed by atoms with Crippen LogP contribution in [-0.2, 0) is 5.41 Å². The molecule has 5 nitrogen and oxygen atoms in total. The van der Waals surface area contributed by atoms with Gasteiger partial charge in [0.2, 0.25) is 5.76 Å². The summed E-state index contributed by atoms with van der Waals surface area (Å²) in [6.07, 6.45) is -4.76.